The van der Waals surface area contributed by atoms with Gasteiger partial charge in [-0.2, -0.15) is 15.0 Å². The molecule has 5 rings (SSSR count). The quantitative estimate of drug-likeness (QED) is 0.161. The molecule has 2 fully saturated rings. The third kappa shape index (κ3) is 7.49. The van der Waals surface area contributed by atoms with Gasteiger partial charge in [0.15, 0.2) is 5.78 Å². The first kappa shape index (κ1) is 29.6. The van der Waals surface area contributed by atoms with E-state index in [0.717, 1.165) is 12.8 Å². The van der Waals surface area contributed by atoms with Gasteiger partial charge in [-0.1, -0.05) is 23.7 Å². The van der Waals surface area contributed by atoms with Crippen LogP contribution in [0, 0.1) is 0 Å². The summed E-state index contributed by atoms with van der Waals surface area (Å²) in [6.07, 6.45) is 1.13. The van der Waals surface area contributed by atoms with Crippen LogP contribution in [-0.2, 0) is 4.79 Å². The molecule has 222 valence electrons. The van der Waals surface area contributed by atoms with E-state index in [0.29, 0.717) is 66.0 Å². The highest BCUT2D eigenvalue weighted by atomic mass is 35.5. The Morgan fingerprint density at radius 2 is 1.31 bits per heavy atom. The molecule has 13 nitrogen and oxygen atoms in total. The second-order valence-electron chi connectivity index (χ2n) is 10.9. The van der Waals surface area contributed by atoms with E-state index in [1.165, 1.54) is 0 Å². The predicted octanol–water partition coefficient (Wildman–Crippen LogP) is 1.21. The van der Waals surface area contributed by atoms with E-state index < -0.39 is 5.91 Å². The molecule has 0 bridgehead atoms. The summed E-state index contributed by atoms with van der Waals surface area (Å²) in [5.41, 5.74) is 26.4. The van der Waals surface area contributed by atoms with E-state index in [4.69, 9.17) is 39.5 Å². The fourth-order valence-electron chi connectivity index (χ4n) is 5.25. The molecule has 2 aliphatic heterocycles. The molecule has 10 N–H and O–H groups in total. The molecule has 1 amide bonds. The Morgan fingerprint density at radius 3 is 1.83 bits per heavy atom. The van der Waals surface area contributed by atoms with E-state index in [1.807, 2.05) is 9.80 Å². The topological polar surface area (TPSA) is 207 Å². The Balaban J connectivity index is 1.31. The van der Waals surface area contributed by atoms with E-state index in [2.05, 4.69) is 20.6 Å². The van der Waals surface area contributed by atoms with E-state index >= 15 is 0 Å². The average Bonchev–Trinajstić information content (AvgIpc) is 2.93. The van der Waals surface area contributed by atoms with Gasteiger partial charge in [-0.15, -0.1) is 0 Å². The van der Waals surface area contributed by atoms with Crippen molar-refractivity contribution >= 4 is 52.5 Å². The molecule has 2 saturated heterocycles. The van der Waals surface area contributed by atoms with Gasteiger partial charge >= 0.3 is 0 Å². The molecule has 1 aromatic heterocycles. The molecule has 42 heavy (non-hydrogen) atoms. The lowest BCUT2D eigenvalue weighted by Gasteiger charge is -2.37. The third-order valence-electron chi connectivity index (χ3n) is 7.14. The number of aromatic nitrogens is 3. The highest BCUT2D eigenvalue weighted by Gasteiger charge is 2.29. The molecule has 3 heterocycles. The molecule has 14 heteroatoms. The summed E-state index contributed by atoms with van der Waals surface area (Å²) in [6.45, 7) is 2.26. The molecule has 0 spiro atoms. The zero-order valence-electron chi connectivity index (χ0n) is 23.1. The van der Waals surface area contributed by atoms with Crippen LogP contribution in [0.4, 0.5) is 29.2 Å². The van der Waals surface area contributed by atoms with Crippen LogP contribution in [0.25, 0.3) is 0 Å². The number of para-hydroxylation sites is 1. The molecule has 0 radical (unpaired) electrons. The maximum absolute atomic E-state index is 12.7. The lowest BCUT2D eigenvalue weighted by Crippen LogP contribution is -2.54. The minimum Gasteiger partial charge on any atom is -0.338 e. The van der Waals surface area contributed by atoms with Gasteiger partial charge in [0.2, 0.25) is 23.8 Å². The monoisotopic (exact) mass is 593 g/mol. The number of nitrogens with two attached hydrogens (primary N) is 4. The fourth-order valence-corrected chi connectivity index (χ4v) is 5.43. The molecule has 0 saturated carbocycles. The third-order valence-corrected chi connectivity index (χ3v) is 7.47. The summed E-state index contributed by atoms with van der Waals surface area (Å²) in [5.74, 6) is 0.448. The number of carbonyl (C=O) groups is 2. The smallest absolute Gasteiger partial charge is 0.233 e. The largest absolute Gasteiger partial charge is 0.338 e. The number of anilines is 5. The number of hydrogen-bond donors (Lipinski definition) is 6. The number of halogens is 1. The van der Waals surface area contributed by atoms with Crippen LogP contribution in [0.15, 0.2) is 48.5 Å². The first-order valence-electron chi connectivity index (χ1n) is 13.9. The van der Waals surface area contributed by atoms with Gasteiger partial charge in [0.05, 0.1) is 17.1 Å². The first-order valence-corrected chi connectivity index (χ1v) is 14.2. The van der Waals surface area contributed by atoms with E-state index in [-0.39, 0.29) is 36.4 Å². The second-order valence-corrected chi connectivity index (χ2v) is 11.3. The molecule has 4 atom stereocenters. The summed E-state index contributed by atoms with van der Waals surface area (Å²) >= 11 is 6.09. The van der Waals surface area contributed by atoms with Crippen molar-refractivity contribution < 1.29 is 9.59 Å². The molecule has 2 aliphatic rings. The van der Waals surface area contributed by atoms with Crippen LogP contribution in [0.2, 0.25) is 5.02 Å². The van der Waals surface area contributed by atoms with Crippen molar-refractivity contribution in [2.24, 2.45) is 22.9 Å². The Kier molecular flexibility index (Phi) is 9.14. The van der Waals surface area contributed by atoms with Crippen molar-refractivity contribution in [2.75, 3.05) is 46.6 Å². The number of piperidine rings is 2. The van der Waals surface area contributed by atoms with Gasteiger partial charge in [-0.25, -0.2) is 0 Å². The maximum Gasteiger partial charge on any atom is 0.233 e. The van der Waals surface area contributed by atoms with Gasteiger partial charge in [-0.3, -0.25) is 9.59 Å². The molecule has 3 aromatic rings. The van der Waals surface area contributed by atoms with Crippen molar-refractivity contribution in [3.05, 3.63) is 59.1 Å². The summed E-state index contributed by atoms with van der Waals surface area (Å²) in [5, 5.41) is 6.27. The highest BCUT2D eigenvalue weighted by Crippen LogP contribution is 2.25. The fraction of sp³-hybridized carbons (Fsp3) is 0.393. The van der Waals surface area contributed by atoms with Gasteiger partial charge in [-0.05, 0) is 49.2 Å². The van der Waals surface area contributed by atoms with Crippen molar-refractivity contribution in [1.29, 1.82) is 0 Å². The van der Waals surface area contributed by atoms with Crippen LogP contribution < -0.4 is 43.4 Å². The second kappa shape index (κ2) is 13.0. The number of amides is 1. The lowest BCUT2D eigenvalue weighted by molar-refractivity contribution is -0.115. The molecule has 0 aliphatic carbocycles. The Hall–Kier alpha value is -3.88. The summed E-state index contributed by atoms with van der Waals surface area (Å²) in [7, 11) is 0. The van der Waals surface area contributed by atoms with Crippen LogP contribution >= 0.6 is 11.6 Å². The standard InChI is InChI=1S/C28H36ClN11O2/c29-22-3-1-2-4-23(22)35-25(42)11-24(41)16-5-7-21(8-6-16)34-26-36-27(39-12-17(30)9-18(31)13-39)38-28(37-26)40-14-19(32)10-20(33)15-40/h1-8,17-20H,9-15,30-33H2,(H,35,42)(H,34,36,37,38)/t17-,18+,19-,20+. The van der Waals surface area contributed by atoms with Crippen LogP contribution in [0.5, 0.6) is 0 Å². The van der Waals surface area contributed by atoms with Gasteiger partial charge in [0.25, 0.3) is 0 Å². The molecule has 0 unspecified atom stereocenters. The maximum atomic E-state index is 12.7. The minimum atomic E-state index is -0.449. The van der Waals surface area contributed by atoms with Gasteiger partial charge < -0.3 is 43.4 Å². The SMILES string of the molecule is N[C@@H]1C[C@H](N)CN(c2nc(Nc3ccc(C(=O)CC(=O)Nc4ccccc4Cl)cc3)nc(N3C[C@H](N)C[C@H](N)C3)n2)C1. The Morgan fingerprint density at radius 1 is 0.786 bits per heavy atom. The number of Topliss-reactive ketones (excluding diaryl/α,β-unsaturated/α-hetero) is 1. The zero-order chi connectivity index (χ0) is 29.8. The Bertz CT molecular complexity index is 1360. The van der Waals surface area contributed by atoms with Crippen LogP contribution in [0.1, 0.15) is 29.6 Å². The normalized spacial score (nSPS) is 22.5. The number of nitrogens with one attached hydrogen (secondary N) is 2. The van der Waals surface area contributed by atoms with Crippen molar-refractivity contribution in [3.8, 4) is 0 Å². The molecular formula is C28H36ClN11O2. The summed E-state index contributed by atoms with van der Waals surface area (Å²) < 4.78 is 0. The Labute approximate surface area is 249 Å². The highest BCUT2D eigenvalue weighted by molar-refractivity contribution is 6.33. The number of carbonyl (C=O) groups excluding carboxylic acids is 2. The molecular weight excluding hydrogens is 558 g/mol. The van der Waals surface area contributed by atoms with Crippen LogP contribution in [0.3, 0.4) is 0 Å². The van der Waals surface area contributed by atoms with Crippen LogP contribution in [-0.4, -0.2) is 77.0 Å². The van der Waals surface area contributed by atoms with Crippen molar-refractivity contribution in [3.63, 3.8) is 0 Å². The average molecular weight is 594 g/mol. The van der Waals surface area contributed by atoms with E-state index in [1.54, 1.807) is 48.5 Å². The van der Waals surface area contributed by atoms with E-state index in [9.17, 15) is 9.59 Å². The van der Waals surface area contributed by atoms with Gasteiger partial charge in [0.1, 0.15) is 0 Å². The number of ketones is 1. The zero-order valence-corrected chi connectivity index (χ0v) is 23.9. The molecule has 2 aromatic carbocycles. The number of rotatable bonds is 8. The summed E-state index contributed by atoms with van der Waals surface area (Å²) in [6, 6.07) is 13.2. The predicted molar refractivity (Wildman–Crippen MR) is 164 cm³/mol. The van der Waals surface area contributed by atoms with Gasteiger partial charge in [0, 0.05) is 61.6 Å². The van der Waals surface area contributed by atoms with Crippen molar-refractivity contribution in [1.82, 2.24) is 15.0 Å². The first-order chi connectivity index (χ1) is 20.1. The minimum absolute atomic E-state index is 0.0981. The number of nitrogens with zero attached hydrogens (tertiary/aromatic N) is 5. The lowest BCUT2D eigenvalue weighted by atomic mass is 10.0. The van der Waals surface area contributed by atoms with Crippen molar-refractivity contribution in [2.45, 2.75) is 43.4 Å². The number of benzene rings is 2. The number of hydrogen-bond acceptors (Lipinski definition) is 12. The summed E-state index contributed by atoms with van der Waals surface area (Å²) in [4.78, 5) is 43.1.